The van der Waals surface area contributed by atoms with Crippen molar-refractivity contribution in [3.05, 3.63) is 96.1 Å². The molecule has 0 N–H and O–H groups in total. The van der Waals surface area contributed by atoms with Crippen LogP contribution < -0.4 is 0 Å². The summed E-state index contributed by atoms with van der Waals surface area (Å²) in [5.74, 6) is -2.38. The smallest absolute Gasteiger partial charge is 0.339 e. The third-order valence-electron chi connectivity index (χ3n) is 6.12. The van der Waals surface area contributed by atoms with Crippen LogP contribution in [0.15, 0.2) is 84.9 Å². The molecule has 0 saturated heterocycles. The number of benzene rings is 3. The molecule has 0 amide bonds. The van der Waals surface area contributed by atoms with Gasteiger partial charge in [0.15, 0.2) is 12.2 Å². The predicted octanol–water partition coefficient (Wildman–Crippen LogP) is 6.53. The molecule has 0 radical (unpaired) electrons. The fourth-order valence-electron chi connectivity index (χ4n) is 4.25. The lowest BCUT2D eigenvalue weighted by Gasteiger charge is -2.28. The SMILES string of the molecule is CC(C)(C)OC(=O)CO[C@@H](C(=O)OCc1ccccc1)[C@@H](OCC=CCCc1ccc2ccccc2c1)C(=O)OC(C)(C)C. The summed E-state index contributed by atoms with van der Waals surface area (Å²) in [7, 11) is 0. The highest BCUT2D eigenvalue weighted by Gasteiger charge is 2.40. The van der Waals surface area contributed by atoms with E-state index >= 15 is 0 Å². The van der Waals surface area contributed by atoms with Crippen LogP contribution in [0, 0.1) is 0 Å². The van der Waals surface area contributed by atoms with Crippen LogP contribution in [0.25, 0.3) is 10.8 Å². The highest BCUT2D eigenvalue weighted by Crippen LogP contribution is 2.18. The number of carbonyl (C=O) groups is 3. The Bertz CT molecular complexity index is 1400. The lowest BCUT2D eigenvalue weighted by Crippen LogP contribution is -2.48. The van der Waals surface area contributed by atoms with Gasteiger partial charge in [-0.2, -0.15) is 0 Å². The monoisotopic (exact) mass is 604 g/mol. The van der Waals surface area contributed by atoms with E-state index in [2.05, 4.69) is 30.3 Å². The Labute approximate surface area is 260 Å². The maximum absolute atomic E-state index is 13.3. The highest BCUT2D eigenvalue weighted by molar-refractivity contribution is 5.86. The number of aryl methyl sites for hydroxylation is 1. The van der Waals surface area contributed by atoms with Gasteiger partial charge in [0.1, 0.15) is 24.4 Å². The van der Waals surface area contributed by atoms with Crippen LogP contribution in [0.3, 0.4) is 0 Å². The minimum absolute atomic E-state index is 0.000106. The second-order valence-electron chi connectivity index (χ2n) is 12.4. The Morgan fingerprint density at radius 2 is 1.32 bits per heavy atom. The number of hydrogen-bond donors (Lipinski definition) is 0. The number of esters is 3. The molecule has 0 saturated carbocycles. The highest BCUT2D eigenvalue weighted by atomic mass is 16.6. The topological polar surface area (TPSA) is 97.4 Å². The molecule has 44 heavy (non-hydrogen) atoms. The normalized spacial score (nSPS) is 13.4. The standard InChI is InChI=1S/C36H44O8/c1-35(2,3)43-30(37)25-41-31(33(38)42-24-27-16-9-7-10-17-27)32(34(39)44-36(4,5)6)40-22-14-8-11-15-26-20-21-28-18-12-13-19-29(28)23-26/h7-10,12-14,16-21,23,31-32H,11,15,22,24-25H2,1-6H3/t31-,32-/m1/s1. The van der Waals surface area contributed by atoms with Gasteiger partial charge in [-0.05, 0) is 76.3 Å². The Morgan fingerprint density at radius 1 is 0.682 bits per heavy atom. The quantitative estimate of drug-likeness (QED) is 0.116. The molecule has 8 nitrogen and oxygen atoms in total. The Balaban J connectivity index is 1.70. The molecule has 0 spiro atoms. The molecule has 0 aliphatic carbocycles. The summed E-state index contributed by atoms with van der Waals surface area (Å²) in [6, 6.07) is 23.7. The molecule has 3 rings (SSSR count). The third-order valence-corrected chi connectivity index (χ3v) is 6.12. The number of carbonyl (C=O) groups excluding carboxylic acids is 3. The van der Waals surface area contributed by atoms with Gasteiger partial charge in [0.2, 0.25) is 0 Å². The number of ether oxygens (including phenoxy) is 5. The van der Waals surface area contributed by atoms with Crippen molar-refractivity contribution in [2.24, 2.45) is 0 Å². The van der Waals surface area contributed by atoms with Crippen LogP contribution in [0.2, 0.25) is 0 Å². The van der Waals surface area contributed by atoms with E-state index in [0.29, 0.717) is 0 Å². The van der Waals surface area contributed by atoms with E-state index in [-0.39, 0.29) is 13.2 Å². The first kappa shape index (κ1) is 34.5. The van der Waals surface area contributed by atoms with Crippen molar-refractivity contribution in [1.29, 1.82) is 0 Å². The summed E-state index contributed by atoms with van der Waals surface area (Å²) in [6.45, 7) is 9.63. The summed E-state index contributed by atoms with van der Waals surface area (Å²) in [4.78, 5) is 39.0. The lowest BCUT2D eigenvalue weighted by molar-refractivity contribution is -0.193. The van der Waals surface area contributed by atoms with E-state index in [1.165, 1.54) is 16.3 Å². The van der Waals surface area contributed by atoms with Crippen LogP contribution in [0.1, 0.15) is 59.1 Å². The van der Waals surface area contributed by atoms with Crippen molar-refractivity contribution in [3.63, 3.8) is 0 Å². The van der Waals surface area contributed by atoms with Gasteiger partial charge in [0, 0.05) is 0 Å². The van der Waals surface area contributed by atoms with E-state index in [1.807, 2.05) is 36.4 Å². The van der Waals surface area contributed by atoms with Gasteiger partial charge in [-0.25, -0.2) is 14.4 Å². The van der Waals surface area contributed by atoms with Gasteiger partial charge >= 0.3 is 17.9 Å². The van der Waals surface area contributed by atoms with Gasteiger partial charge in [0.25, 0.3) is 0 Å². The lowest BCUT2D eigenvalue weighted by atomic mass is 10.0. The second-order valence-corrected chi connectivity index (χ2v) is 12.4. The molecule has 0 aliphatic heterocycles. The molecule has 0 unspecified atom stereocenters. The molecular formula is C36H44O8. The van der Waals surface area contributed by atoms with Gasteiger partial charge < -0.3 is 23.7 Å². The van der Waals surface area contributed by atoms with E-state index in [0.717, 1.165) is 18.4 Å². The van der Waals surface area contributed by atoms with E-state index < -0.39 is 47.9 Å². The fourth-order valence-corrected chi connectivity index (χ4v) is 4.25. The fraction of sp³-hybridized carbons (Fsp3) is 0.417. The molecule has 0 aliphatic rings. The minimum atomic E-state index is -1.58. The van der Waals surface area contributed by atoms with Crippen molar-refractivity contribution in [2.75, 3.05) is 13.2 Å². The molecule has 236 valence electrons. The Kier molecular flexibility index (Phi) is 12.7. The molecule has 0 aromatic heterocycles. The van der Waals surface area contributed by atoms with E-state index in [9.17, 15) is 14.4 Å². The Hall–Kier alpha value is -4.01. The van der Waals surface area contributed by atoms with Gasteiger partial charge in [0.05, 0.1) is 6.61 Å². The molecule has 0 heterocycles. The van der Waals surface area contributed by atoms with Crippen LogP contribution in [0.5, 0.6) is 0 Å². The number of hydrogen-bond acceptors (Lipinski definition) is 8. The van der Waals surface area contributed by atoms with E-state index in [1.54, 1.807) is 59.8 Å². The number of rotatable bonds is 14. The second kappa shape index (κ2) is 16.2. The molecule has 8 heteroatoms. The maximum Gasteiger partial charge on any atom is 0.339 e. The summed E-state index contributed by atoms with van der Waals surface area (Å²) in [5, 5.41) is 2.38. The van der Waals surface area contributed by atoms with Gasteiger partial charge in [-0.3, -0.25) is 0 Å². The Morgan fingerprint density at radius 3 is 2.00 bits per heavy atom. The van der Waals surface area contributed by atoms with Crippen molar-refractivity contribution >= 4 is 28.7 Å². The first-order valence-corrected chi connectivity index (χ1v) is 14.8. The molecular weight excluding hydrogens is 560 g/mol. The largest absolute Gasteiger partial charge is 0.459 e. The average Bonchev–Trinajstić information content (AvgIpc) is 2.95. The van der Waals surface area contributed by atoms with E-state index in [4.69, 9.17) is 23.7 Å². The molecule has 2 atom stereocenters. The van der Waals surface area contributed by atoms with Crippen molar-refractivity contribution in [2.45, 2.75) is 84.4 Å². The minimum Gasteiger partial charge on any atom is -0.459 e. The summed E-state index contributed by atoms with van der Waals surface area (Å²) in [6.07, 6.45) is 2.22. The summed E-state index contributed by atoms with van der Waals surface area (Å²) < 4.78 is 27.9. The van der Waals surface area contributed by atoms with Crippen LogP contribution in [-0.4, -0.2) is 54.5 Å². The third kappa shape index (κ3) is 12.3. The zero-order chi connectivity index (χ0) is 32.2. The maximum atomic E-state index is 13.3. The summed E-state index contributed by atoms with van der Waals surface area (Å²) in [5.41, 5.74) is 0.328. The molecule has 0 bridgehead atoms. The van der Waals surface area contributed by atoms with Crippen molar-refractivity contribution in [3.8, 4) is 0 Å². The van der Waals surface area contributed by atoms with Crippen molar-refractivity contribution in [1.82, 2.24) is 0 Å². The zero-order valence-electron chi connectivity index (χ0n) is 26.5. The number of allylic oxidation sites excluding steroid dienone is 1. The average molecular weight is 605 g/mol. The molecule has 3 aromatic carbocycles. The first-order chi connectivity index (χ1) is 20.8. The predicted molar refractivity (Wildman–Crippen MR) is 169 cm³/mol. The molecule has 3 aromatic rings. The van der Waals surface area contributed by atoms with Crippen LogP contribution >= 0.6 is 0 Å². The van der Waals surface area contributed by atoms with Crippen molar-refractivity contribution < 1.29 is 38.1 Å². The van der Waals surface area contributed by atoms with Crippen LogP contribution in [0.4, 0.5) is 0 Å². The first-order valence-electron chi connectivity index (χ1n) is 14.8. The van der Waals surface area contributed by atoms with Gasteiger partial charge in [-0.15, -0.1) is 0 Å². The summed E-state index contributed by atoms with van der Waals surface area (Å²) >= 11 is 0. The van der Waals surface area contributed by atoms with Crippen LogP contribution in [-0.2, 0) is 51.1 Å². The molecule has 0 fully saturated rings. The van der Waals surface area contributed by atoms with Gasteiger partial charge in [-0.1, -0.05) is 84.9 Å². The number of fused-ring (bicyclic) bond motifs is 1. The zero-order valence-corrected chi connectivity index (χ0v) is 26.5.